The molecule has 2 amide bonds. The molecule has 0 spiro atoms. The zero-order valence-corrected chi connectivity index (χ0v) is 16.7. The average molecular weight is 409 g/mol. The summed E-state index contributed by atoms with van der Waals surface area (Å²) in [6, 6.07) is 5.04. The predicted molar refractivity (Wildman–Crippen MR) is 114 cm³/mol. The van der Waals surface area contributed by atoms with Crippen molar-refractivity contribution in [2.45, 2.75) is 19.4 Å². The van der Waals surface area contributed by atoms with E-state index in [2.05, 4.69) is 20.5 Å². The fourth-order valence-electron chi connectivity index (χ4n) is 3.73. The number of hydrogen-bond acceptors (Lipinski definition) is 8. The molecule has 1 aromatic carbocycles. The number of allylic oxidation sites excluding steroid dienone is 1. The van der Waals surface area contributed by atoms with E-state index in [1.807, 2.05) is 6.92 Å². The number of aliphatic imine (C=N–C) groups is 1. The second kappa shape index (κ2) is 7.62. The minimum Gasteiger partial charge on any atom is -0.447 e. The van der Waals surface area contributed by atoms with Crippen molar-refractivity contribution in [2.75, 3.05) is 29.6 Å². The van der Waals surface area contributed by atoms with Crippen molar-refractivity contribution in [1.29, 1.82) is 0 Å². The third-order valence-corrected chi connectivity index (χ3v) is 5.34. The normalized spacial score (nSPS) is 23.8. The molecule has 2 aliphatic rings. The number of nitrogens with one attached hydrogen (secondary N) is 1. The summed E-state index contributed by atoms with van der Waals surface area (Å²) in [6.07, 6.45) is 3.43. The highest BCUT2D eigenvalue weighted by Crippen LogP contribution is 2.44. The zero-order chi connectivity index (χ0) is 21.4. The minimum absolute atomic E-state index is 0.0528. The molecule has 30 heavy (non-hydrogen) atoms. The van der Waals surface area contributed by atoms with Crippen LogP contribution in [0.1, 0.15) is 13.3 Å². The Labute approximate surface area is 173 Å². The van der Waals surface area contributed by atoms with Crippen LogP contribution in [0.2, 0.25) is 0 Å². The Morgan fingerprint density at radius 3 is 2.80 bits per heavy atom. The van der Waals surface area contributed by atoms with Crippen LogP contribution in [0.4, 0.5) is 22.0 Å². The van der Waals surface area contributed by atoms with Crippen LogP contribution in [0.25, 0.3) is 10.9 Å². The van der Waals surface area contributed by atoms with Gasteiger partial charge in [0.15, 0.2) is 5.82 Å². The number of anilines is 3. The quantitative estimate of drug-likeness (QED) is 0.502. The van der Waals surface area contributed by atoms with Gasteiger partial charge in [0, 0.05) is 24.6 Å². The molecule has 3 atom stereocenters. The summed E-state index contributed by atoms with van der Waals surface area (Å²) < 4.78 is 5.09. The number of ether oxygens (including phenoxy) is 1. The first-order valence-corrected chi connectivity index (χ1v) is 9.60. The number of fused-ring (bicyclic) bond motifs is 1. The number of nitrogen functional groups attached to an aromatic ring is 1. The number of aromatic nitrogens is 2. The second-order valence-electron chi connectivity index (χ2n) is 7.49. The molecule has 1 aromatic heterocycles. The topological polar surface area (TPSA) is 149 Å². The lowest BCUT2D eigenvalue weighted by molar-refractivity contribution is -0.117. The third-order valence-electron chi connectivity index (χ3n) is 5.34. The zero-order valence-electron chi connectivity index (χ0n) is 16.7. The van der Waals surface area contributed by atoms with Crippen LogP contribution in [-0.2, 0) is 9.53 Å². The molecule has 10 nitrogen and oxygen atoms in total. The third kappa shape index (κ3) is 3.51. The summed E-state index contributed by atoms with van der Waals surface area (Å²) in [6.45, 7) is 2.21. The molecule has 2 fully saturated rings. The van der Waals surface area contributed by atoms with Gasteiger partial charge in [-0.05, 0) is 49.2 Å². The predicted octanol–water partition coefficient (Wildman–Crippen LogP) is 1.67. The summed E-state index contributed by atoms with van der Waals surface area (Å²) in [5.74, 6) is 0.0245. The fraction of sp³-hybridized carbons (Fsp3) is 0.350. The van der Waals surface area contributed by atoms with E-state index in [1.165, 1.54) is 6.20 Å². The molecule has 0 radical (unpaired) electrons. The first kappa shape index (κ1) is 19.6. The molecule has 0 unspecified atom stereocenters. The highest BCUT2D eigenvalue weighted by molar-refractivity contribution is 6.00. The van der Waals surface area contributed by atoms with E-state index < -0.39 is 6.09 Å². The largest absolute Gasteiger partial charge is 0.447 e. The highest BCUT2D eigenvalue weighted by Gasteiger charge is 2.44. The summed E-state index contributed by atoms with van der Waals surface area (Å²) in [5.41, 5.74) is 14.1. The molecular weight excluding hydrogens is 386 g/mol. The lowest BCUT2D eigenvalue weighted by atomic mass is 10.1. The lowest BCUT2D eigenvalue weighted by Gasteiger charge is -2.19. The van der Waals surface area contributed by atoms with E-state index >= 15 is 0 Å². The van der Waals surface area contributed by atoms with E-state index in [0.29, 0.717) is 41.1 Å². The number of nitrogens with zero attached hydrogens (tertiary/aromatic N) is 4. The Hall–Kier alpha value is -3.69. The van der Waals surface area contributed by atoms with E-state index in [4.69, 9.17) is 16.2 Å². The van der Waals surface area contributed by atoms with Crippen LogP contribution in [-0.4, -0.2) is 48.1 Å². The molecule has 2 heterocycles. The number of carbonyl (C=O) groups is 2. The van der Waals surface area contributed by atoms with Crippen LogP contribution in [0.5, 0.6) is 0 Å². The van der Waals surface area contributed by atoms with Gasteiger partial charge in [-0.25, -0.2) is 4.79 Å². The van der Waals surface area contributed by atoms with Gasteiger partial charge < -0.3 is 21.5 Å². The molecular formula is C20H23N7O3. The van der Waals surface area contributed by atoms with Crippen molar-refractivity contribution in [3.05, 3.63) is 30.0 Å². The maximum Gasteiger partial charge on any atom is 0.414 e. The minimum atomic E-state index is -0.420. The van der Waals surface area contributed by atoms with Gasteiger partial charge in [-0.1, -0.05) is 0 Å². The van der Waals surface area contributed by atoms with Gasteiger partial charge in [0.05, 0.1) is 17.4 Å². The molecule has 2 aromatic rings. The van der Waals surface area contributed by atoms with E-state index in [9.17, 15) is 9.59 Å². The SMILES string of the molecule is CN=CC(=CN)[C@H]1C[C@@H]1C(=O)Nc1cc2cc(N3C(=O)OC[C@@H]3C)cc(N)c2nn1. The van der Waals surface area contributed by atoms with Gasteiger partial charge in [0.1, 0.15) is 12.1 Å². The average Bonchev–Trinajstić information content (AvgIpc) is 3.44. The number of cyclic esters (lactones) is 1. The Morgan fingerprint density at radius 1 is 1.33 bits per heavy atom. The Bertz CT molecular complexity index is 1080. The Kier molecular flexibility index (Phi) is 4.98. The highest BCUT2D eigenvalue weighted by atomic mass is 16.6. The van der Waals surface area contributed by atoms with Gasteiger partial charge in [0.2, 0.25) is 5.91 Å². The van der Waals surface area contributed by atoms with Crippen molar-refractivity contribution in [2.24, 2.45) is 22.6 Å². The summed E-state index contributed by atoms with van der Waals surface area (Å²) >= 11 is 0. The van der Waals surface area contributed by atoms with Gasteiger partial charge in [-0.15, -0.1) is 10.2 Å². The molecule has 1 aliphatic heterocycles. The first-order valence-electron chi connectivity index (χ1n) is 9.60. The Balaban J connectivity index is 1.56. The molecule has 10 heteroatoms. The monoisotopic (exact) mass is 409 g/mol. The van der Waals surface area contributed by atoms with E-state index in [-0.39, 0.29) is 23.8 Å². The van der Waals surface area contributed by atoms with Gasteiger partial charge >= 0.3 is 6.09 Å². The summed E-state index contributed by atoms with van der Waals surface area (Å²) in [7, 11) is 1.66. The molecule has 156 valence electrons. The number of amides is 2. The van der Waals surface area contributed by atoms with Crippen LogP contribution < -0.4 is 21.7 Å². The molecule has 1 aliphatic carbocycles. The van der Waals surface area contributed by atoms with Crippen LogP contribution in [0.15, 0.2) is 35.0 Å². The number of nitrogens with two attached hydrogens (primary N) is 2. The van der Waals surface area contributed by atoms with Crippen molar-refractivity contribution in [3.8, 4) is 0 Å². The lowest BCUT2D eigenvalue weighted by Crippen LogP contribution is -2.30. The maximum atomic E-state index is 12.6. The molecule has 4 rings (SSSR count). The standard InChI is InChI=1S/C20H23N7O3/c1-10-9-30-20(29)27(10)13-3-11-4-17(25-26-18(11)16(22)5-13)24-19(28)15-6-14(15)12(7-21)8-23-2/h3-5,7-8,10,14-15H,6,9,21-22H2,1-2H3,(H,24,25,28)/t10-,14+,15-/m0/s1. The van der Waals surface area contributed by atoms with Gasteiger partial charge in [0.25, 0.3) is 0 Å². The van der Waals surface area contributed by atoms with E-state index in [0.717, 1.165) is 5.57 Å². The van der Waals surface area contributed by atoms with Crippen molar-refractivity contribution in [1.82, 2.24) is 10.2 Å². The first-order chi connectivity index (χ1) is 14.4. The molecule has 0 bridgehead atoms. The fourth-order valence-corrected chi connectivity index (χ4v) is 3.73. The molecule has 1 saturated carbocycles. The summed E-state index contributed by atoms with van der Waals surface area (Å²) in [5, 5.41) is 11.7. The smallest absolute Gasteiger partial charge is 0.414 e. The van der Waals surface area contributed by atoms with Gasteiger partial charge in [-0.2, -0.15) is 0 Å². The number of rotatable bonds is 5. The van der Waals surface area contributed by atoms with Crippen LogP contribution in [0, 0.1) is 11.8 Å². The van der Waals surface area contributed by atoms with Crippen LogP contribution >= 0.6 is 0 Å². The Morgan fingerprint density at radius 2 is 2.13 bits per heavy atom. The van der Waals surface area contributed by atoms with E-state index in [1.54, 1.807) is 36.4 Å². The number of benzene rings is 1. The van der Waals surface area contributed by atoms with Crippen molar-refractivity contribution >= 4 is 46.3 Å². The second-order valence-corrected chi connectivity index (χ2v) is 7.49. The molecule has 1 saturated heterocycles. The van der Waals surface area contributed by atoms with Crippen molar-refractivity contribution in [3.63, 3.8) is 0 Å². The molecule has 5 N–H and O–H groups in total. The maximum absolute atomic E-state index is 12.6. The van der Waals surface area contributed by atoms with Crippen LogP contribution in [0.3, 0.4) is 0 Å². The van der Waals surface area contributed by atoms with Gasteiger partial charge in [-0.3, -0.25) is 14.7 Å². The van der Waals surface area contributed by atoms with Crippen molar-refractivity contribution < 1.29 is 14.3 Å². The number of carbonyl (C=O) groups excluding carboxylic acids is 2. The summed E-state index contributed by atoms with van der Waals surface area (Å²) in [4.78, 5) is 30.1. The number of hydrogen-bond donors (Lipinski definition) is 3.